The van der Waals surface area contributed by atoms with Crippen LogP contribution in [0.5, 0.6) is 0 Å². The van der Waals surface area contributed by atoms with Gasteiger partial charge in [0.25, 0.3) is 0 Å². The zero-order chi connectivity index (χ0) is 15.8. The molecular formula is C18H29ClN2O2. The van der Waals surface area contributed by atoms with Gasteiger partial charge in [0.1, 0.15) is 0 Å². The quantitative estimate of drug-likeness (QED) is 0.749. The highest BCUT2D eigenvalue weighted by Crippen LogP contribution is 2.23. The van der Waals surface area contributed by atoms with Crippen LogP contribution in [0.25, 0.3) is 0 Å². The van der Waals surface area contributed by atoms with Gasteiger partial charge in [0.05, 0.1) is 6.10 Å². The van der Waals surface area contributed by atoms with E-state index in [4.69, 9.17) is 10.5 Å². The van der Waals surface area contributed by atoms with Gasteiger partial charge in [0.15, 0.2) is 0 Å². The summed E-state index contributed by atoms with van der Waals surface area (Å²) in [5, 5.41) is 3.01. The van der Waals surface area contributed by atoms with Gasteiger partial charge < -0.3 is 15.8 Å². The smallest absolute Gasteiger partial charge is 0.223 e. The number of rotatable bonds is 7. The van der Waals surface area contributed by atoms with Gasteiger partial charge >= 0.3 is 0 Å². The number of amides is 1. The van der Waals surface area contributed by atoms with E-state index in [0.29, 0.717) is 13.2 Å². The zero-order valence-corrected chi connectivity index (χ0v) is 14.7. The van der Waals surface area contributed by atoms with Gasteiger partial charge in [0.2, 0.25) is 5.91 Å². The van der Waals surface area contributed by atoms with E-state index >= 15 is 0 Å². The molecule has 2 rings (SSSR count). The van der Waals surface area contributed by atoms with Crippen molar-refractivity contribution in [2.75, 3.05) is 13.2 Å². The van der Waals surface area contributed by atoms with E-state index < -0.39 is 0 Å². The molecule has 0 saturated heterocycles. The van der Waals surface area contributed by atoms with Crippen molar-refractivity contribution in [1.82, 2.24) is 5.32 Å². The SMILES string of the molecule is CC(OCCCNC(=O)C1CCCC(N)C1)c1ccccc1.Cl. The van der Waals surface area contributed by atoms with E-state index in [1.54, 1.807) is 0 Å². The lowest BCUT2D eigenvalue weighted by Crippen LogP contribution is -2.38. The van der Waals surface area contributed by atoms with Crippen molar-refractivity contribution >= 4 is 18.3 Å². The van der Waals surface area contributed by atoms with Gasteiger partial charge in [-0.15, -0.1) is 12.4 Å². The molecule has 4 nitrogen and oxygen atoms in total. The Morgan fingerprint density at radius 2 is 2.09 bits per heavy atom. The number of nitrogens with two attached hydrogens (primary N) is 1. The number of carbonyl (C=O) groups is 1. The van der Waals surface area contributed by atoms with Crippen molar-refractivity contribution in [2.45, 2.75) is 51.2 Å². The molecular weight excluding hydrogens is 312 g/mol. The number of nitrogens with one attached hydrogen (secondary N) is 1. The third kappa shape index (κ3) is 6.90. The predicted molar refractivity (Wildman–Crippen MR) is 95.6 cm³/mol. The van der Waals surface area contributed by atoms with Crippen LogP contribution >= 0.6 is 12.4 Å². The van der Waals surface area contributed by atoms with Gasteiger partial charge in [0, 0.05) is 25.1 Å². The van der Waals surface area contributed by atoms with E-state index in [-0.39, 0.29) is 36.4 Å². The molecule has 0 heterocycles. The summed E-state index contributed by atoms with van der Waals surface area (Å²) in [4.78, 5) is 12.1. The molecule has 1 amide bonds. The topological polar surface area (TPSA) is 64.3 Å². The molecule has 1 aromatic carbocycles. The molecule has 1 fully saturated rings. The molecule has 130 valence electrons. The Balaban J connectivity index is 0.00000264. The highest BCUT2D eigenvalue weighted by atomic mass is 35.5. The molecule has 5 heteroatoms. The Labute approximate surface area is 145 Å². The lowest BCUT2D eigenvalue weighted by molar-refractivity contribution is -0.126. The molecule has 1 saturated carbocycles. The van der Waals surface area contributed by atoms with E-state index in [1.165, 1.54) is 5.56 Å². The Bertz CT molecular complexity index is 456. The van der Waals surface area contributed by atoms with E-state index in [1.807, 2.05) is 18.2 Å². The van der Waals surface area contributed by atoms with Gasteiger partial charge in [-0.3, -0.25) is 4.79 Å². The monoisotopic (exact) mass is 340 g/mol. The molecule has 1 aliphatic rings. The standard InChI is InChI=1S/C18H28N2O2.ClH/c1-14(15-7-3-2-4-8-15)22-12-6-11-20-18(21)16-9-5-10-17(19)13-16;/h2-4,7-8,14,16-17H,5-6,9-13,19H2,1H3,(H,20,21);1H. The minimum atomic E-state index is 0. The fourth-order valence-electron chi connectivity index (χ4n) is 2.97. The summed E-state index contributed by atoms with van der Waals surface area (Å²) in [7, 11) is 0. The number of benzene rings is 1. The third-order valence-electron chi connectivity index (χ3n) is 4.34. The van der Waals surface area contributed by atoms with Crippen molar-refractivity contribution in [3.63, 3.8) is 0 Å². The maximum absolute atomic E-state index is 12.1. The average molecular weight is 341 g/mol. The molecule has 0 spiro atoms. The summed E-state index contributed by atoms with van der Waals surface area (Å²) in [6.45, 7) is 3.38. The van der Waals surface area contributed by atoms with Crippen LogP contribution in [0.2, 0.25) is 0 Å². The summed E-state index contributed by atoms with van der Waals surface area (Å²) in [5.41, 5.74) is 7.11. The van der Waals surface area contributed by atoms with Gasteiger partial charge in [-0.1, -0.05) is 36.8 Å². The summed E-state index contributed by atoms with van der Waals surface area (Å²) < 4.78 is 5.80. The number of ether oxygens (including phenoxy) is 1. The highest BCUT2D eigenvalue weighted by Gasteiger charge is 2.24. The normalized spacial score (nSPS) is 22.0. The number of hydrogen-bond donors (Lipinski definition) is 2. The van der Waals surface area contributed by atoms with Gasteiger partial charge in [-0.05, 0) is 38.2 Å². The van der Waals surface area contributed by atoms with Gasteiger partial charge in [-0.25, -0.2) is 0 Å². The molecule has 1 aliphatic carbocycles. The molecule has 3 unspecified atom stereocenters. The Hall–Kier alpha value is -1.10. The zero-order valence-electron chi connectivity index (χ0n) is 13.9. The molecule has 0 aromatic heterocycles. The fraction of sp³-hybridized carbons (Fsp3) is 0.611. The van der Waals surface area contributed by atoms with Gasteiger partial charge in [-0.2, -0.15) is 0 Å². The Morgan fingerprint density at radius 1 is 1.35 bits per heavy atom. The van der Waals surface area contributed by atoms with Crippen LogP contribution in [0, 0.1) is 5.92 Å². The second kappa shape index (κ2) is 10.6. The van der Waals surface area contributed by atoms with Crippen molar-refractivity contribution in [3.8, 4) is 0 Å². The molecule has 3 atom stereocenters. The van der Waals surface area contributed by atoms with Crippen LogP contribution < -0.4 is 11.1 Å². The van der Waals surface area contributed by atoms with Crippen molar-refractivity contribution in [3.05, 3.63) is 35.9 Å². The first kappa shape index (κ1) is 19.9. The second-order valence-electron chi connectivity index (χ2n) is 6.19. The van der Waals surface area contributed by atoms with E-state index in [0.717, 1.165) is 32.1 Å². The Morgan fingerprint density at radius 3 is 2.78 bits per heavy atom. The largest absolute Gasteiger partial charge is 0.374 e. The molecule has 3 N–H and O–H groups in total. The van der Waals surface area contributed by atoms with Crippen LogP contribution in [0.1, 0.15) is 50.7 Å². The van der Waals surface area contributed by atoms with Crippen molar-refractivity contribution < 1.29 is 9.53 Å². The summed E-state index contributed by atoms with van der Waals surface area (Å²) in [6.07, 6.45) is 4.84. The predicted octanol–water partition coefficient (Wildman–Crippen LogP) is 3.21. The minimum absolute atomic E-state index is 0. The number of hydrogen-bond acceptors (Lipinski definition) is 3. The van der Waals surface area contributed by atoms with Crippen molar-refractivity contribution in [2.24, 2.45) is 11.7 Å². The lowest BCUT2D eigenvalue weighted by atomic mass is 9.85. The molecule has 0 radical (unpaired) electrons. The average Bonchev–Trinajstić information content (AvgIpc) is 2.55. The molecule has 1 aromatic rings. The van der Waals surface area contributed by atoms with Crippen LogP contribution in [-0.4, -0.2) is 25.1 Å². The molecule has 23 heavy (non-hydrogen) atoms. The van der Waals surface area contributed by atoms with Crippen molar-refractivity contribution in [1.29, 1.82) is 0 Å². The van der Waals surface area contributed by atoms with Crippen LogP contribution in [-0.2, 0) is 9.53 Å². The summed E-state index contributed by atoms with van der Waals surface area (Å²) in [6, 6.07) is 10.4. The van der Waals surface area contributed by atoms with Crippen LogP contribution in [0.4, 0.5) is 0 Å². The number of halogens is 1. The number of carbonyl (C=O) groups excluding carboxylic acids is 1. The third-order valence-corrected chi connectivity index (χ3v) is 4.34. The van der Waals surface area contributed by atoms with E-state index in [9.17, 15) is 4.79 Å². The van der Waals surface area contributed by atoms with E-state index in [2.05, 4.69) is 24.4 Å². The fourth-order valence-corrected chi connectivity index (χ4v) is 2.97. The maximum atomic E-state index is 12.1. The molecule has 0 aliphatic heterocycles. The summed E-state index contributed by atoms with van der Waals surface area (Å²) in [5.74, 6) is 0.263. The Kier molecular flexibility index (Phi) is 9.22. The summed E-state index contributed by atoms with van der Waals surface area (Å²) >= 11 is 0. The first-order valence-corrected chi connectivity index (χ1v) is 8.36. The minimum Gasteiger partial charge on any atom is -0.374 e. The highest BCUT2D eigenvalue weighted by molar-refractivity contribution is 5.85. The maximum Gasteiger partial charge on any atom is 0.223 e. The van der Waals surface area contributed by atoms with Crippen LogP contribution in [0.15, 0.2) is 30.3 Å². The first-order valence-electron chi connectivity index (χ1n) is 8.36. The van der Waals surface area contributed by atoms with Crippen LogP contribution in [0.3, 0.4) is 0 Å². The molecule has 0 bridgehead atoms. The lowest BCUT2D eigenvalue weighted by Gasteiger charge is -2.25. The first-order chi connectivity index (χ1) is 10.7. The second-order valence-corrected chi connectivity index (χ2v) is 6.19.